The van der Waals surface area contributed by atoms with E-state index in [0.29, 0.717) is 25.7 Å². The lowest BCUT2D eigenvalue weighted by Crippen LogP contribution is -2.30. The first-order valence-corrected chi connectivity index (χ1v) is 43.6. The van der Waals surface area contributed by atoms with E-state index in [1.165, 1.54) is 238 Å². The fourth-order valence-corrected chi connectivity index (χ4v) is 13.6. The smallest absolute Gasteiger partial charge is 0.462 e. The fourth-order valence-electron chi connectivity index (χ4n) is 12.1. The number of hydrogen-bond donors (Lipinski definition) is 3. The van der Waals surface area contributed by atoms with Crippen LogP contribution in [-0.4, -0.2) is 96.7 Å². The summed E-state index contributed by atoms with van der Waals surface area (Å²) in [5, 5.41) is 10.6. The summed E-state index contributed by atoms with van der Waals surface area (Å²) in [6, 6.07) is 0. The molecule has 0 fully saturated rings. The molecule has 0 aromatic carbocycles. The highest BCUT2D eigenvalue weighted by atomic mass is 31.2. The van der Waals surface area contributed by atoms with Crippen molar-refractivity contribution in [2.75, 3.05) is 39.6 Å². The molecule has 576 valence electrons. The van der Waals surface area contributed by atoms with Crippen molar-refractivity contribution in [1.29, 1.82) is 0 Å². The Morgan fingerprint density at radius 1 is 0.278 bits per heavy atom. The predicted octanol–water partition coefficient (Wildman–Crippen LogP) is 23.3. The minimum Gasteiger partial charge on any atom is -0.462 e. The average molecular weight is 1420 g/mol. The maximum atomic E-state index is 13.1. The molecule has 19 heteroatoms. The van der Waals surface area contributed by atoms with Crippen molar-refractivity contribution in [3.05, 3.63) is 0 Å². The molecule has 17 nitrogen and oxygen atoms in total. The minimum atomic E-state index is -4.96. The SMILES string of the molecule is CCCCCCCCCCCCCCCCCCCC(=O)OC[C@H](COP(=O)(O)OC[C@@H](O)COP(=O)(O)OC[C@@H](COC(=O)CCCCCCCCCCC)OC(=O)CCCCCCCCCCCCCCC)OC(=O)CCCCCCCCCCCCCCCCCC(C)C. The van der Waals surface area contributed by atoms with Crippen LogP contribution in [0.2, 0.25) is 0 Å². The molecule has 0 spiro atoms. The van der Waals surface area contributed by atoms with E-state index in [1.807, 2.05) is 0 Å². The zero-order valence-electron chi connectivity index (χ0n) is 63.2. The molecule has 0 heterocycles. The number of esters is 4. The maximum Gasteiger partial charge on any atom is 0.472 e. The molecule has 0 aromatic rings. The molecule has 0 aromatic heterocycles. The van der Waals surface area contributed by atoms with Gasteiger partial charge in [-0.25, -0.2) is 9.13 Å². The van der Waals surface area contributed by atoms with Crippen LogP contribution in [-0.2, 0) is 65.4 Å². The second-order valence-electron chi connectivity index (χ2n) is 28.6. The van der Waals surface area contributed by atoms with Gasteiger partial charge in [-0.05, 0) is 31.6 Å². The number of unbranched alkanes of at least 4 members (excludes halogenated alkanes) is 50. The van der Waals surface area contributed by atoms with Gasteiger partial charge in [0.1, 0.15) is 19.3 Å². The van der Waals surface area contributed by atoms with Gasteiger partial charge >= 0.3 is 39.5 Å². The third-order valence-corrected chi connectivity index (χ3v) is 20.2. The Kier molecular flexibility index (Phi) is 69.6. The van der Waals surface area contributed by atoms with Crippen molar-refractivity contribution in [1.82, 2.24) is 0 Å². The van der Waals surface area contributed by atoms with Gasteiger partial charge in [-0.15, -0.1) is 0 Å². The van der Waals surface area contributed by atoms with Crippen LogP contribution in [0.25, 0.3) is 0 Å². The molecular weight excluding hydrogens is 1270 g/mol. The molecule has 0 saturated heterocycles. The van der Waals surface area contributed by atoms with E-state index in [0.717, 1.165) is 95.8 Å². The number of ether oxygens (including phenoxy) is 4. The molecule has 0 aliphatic heterocycles. The Morgan fingerprint density at radius 2 is 0.474 bits per heavy atom. The summed E-state index contributed by atoms with van der Waals surface area (Å²) in [6.45, 7) is 7.33. The van der Waals surface area contributed by atoms with E-state index >= 15 is 0 Å². The third-order valence-electron chi connectivity index (χ3n) is 18.3. The van der Waals surface area contributed by atoms with Crippen LogP contribution in [0.4, 0.5) is 0 Å². The van der Waals surface area contributed by atoms with Gasteiger partial charge in [-0.3, -0.25) is 37.3 Å². The predicted molar refractivity (Wildman–Crippen MR) is 395 cm³/mol. The van der Waals surface area contributed by atoms with E-state index < -0.39 is 97.5 Å². The van der Waals surface area contributed by atoms with E-state index in [9.17, 15) is 43.2 Å². The van der Waals surface area contributed by atoms with Crippen molar-refractivity contribution in [2.45, 2.75) is 432 Å². The Morgan fingerprint density at radius 3 is 0.701 bits per heavy atom. The number of carbonyl (C=O) groups excluding carboxylic acids is 4. The topological polar surface area (TPSA) is 237 Å². The minimum absolute atomic E-state index is 0.108. The number of phosphoric acid groups is 2. The Balaban J connectivity index is 5.22. The second kappa shape index (κ2) is 71.1. The molecule has 2 unspecified atom stereocenters. The highest BCUT2D eigenvalue weighted by Gasteiger charge is 2.30. The first-order valence-electron chi connectivity index (χ1n) is 40.6. The van der Waals surface area contributed by atoms with Crippen molar-refractivity contribution in [3.8, 4) is 0 Å². The normalized spacial score (nSPS) is 13.9. The molecule has 0 aliphatic rings. The maximum absolute atomic E-state index is 13.1. The van der Waals surface area contributed by atoms with E-state index in [-0.39, 0.29) is 25.7 Å². The van der Waals surface area contributed by atoms with Gasteiger partial charge in [0.15, 0.2) is 12.2 Å². The summed E-state index contributed by atoms with van der Waals surface area (Å²) >= 11 is 0. The van der Waals surface area contributed by atoms with Gasteiger partial charge in [0.25, 0.3) is 0 Å². The lowest BCUT2D eigenvalue weighted by molar-refractivity contribution is -0.161. The molecule has 97 heavy (non-hydrogen) atoms. The van der Waals surface area contributed by atoms with Crippen LogP contribution < -0.4 is 0 Å². The van der Waals surface area contributed by atoms with Gasteiger partial charge in [0.05, 0.1) is 26.4 Å². The van der Waals surface area contributed by atoms with E-state index in [4.69, 9.17) is 37.0 Å². The van der Waals surface area contributed by atoms with Crippen molar-refractivity contribution in [2.24, 2.45) is 5.92 Å². The molecule has 5 atom stereocenters. The monoisotopic (exact) mass is 1420 g/mol. The average Bonchev–Trinajstić information content (AvgIpc) is 3.46. The van der Waals surface area contributed by atoms with Gasteiger partial charge in [-0.2, -0.15) is 0 Å². The van der Waals surface area contributed by atoms with Gasteiger partial charge in [0.2, 0.25) is 0 Å². The highest BCUT2D eigenvalue weighted by molar-refractivity contribution is 7.47. The number of carbonyl (C=O) groups is 4. The molecule has 0 saturated carbocycles. The lowest BCUT2D eigenvalue weighted by atomic mass is 10.0. The standard InChI is InChI=1S/C78H152O17P2/c1-6-9-12-15-18-21-23-25-26-27-30-34-37-42-47-52-57-62-76(81)89-68-74(95-78(83)64-59-54-49-44-39-35-31-28-29-33-36-41-45-50-55-60-71(4)5)70-93-97(86,87)91-66-72(79)65-90-96(84,85)92-69-73(67-88-75(80)61-56-51-46-40-20-17-14-11-8-3)94-77(82)63-58-53-48-43-38-32-24-22-19-16-13-10-7-2/h71-74,79H,6-70H2,1-5H3,(H,84,85)(H,86,87)/t72-,73+,74+/m0/s1. The van der Waals surface area contributed by atoms with Crippen LogP contribution in [0.5, 0.6) is 0 Å². The molecule has 0 radical (unpaired) electrons. The van der Waals surface area contributed by atoms with Gasteiger partial charge in [-0.1, -0.05) is 362 Å². The third kappa shape index (κ3) is 72.2. The first kappa shape index (κ1) is 95.1. The number of aliphatic hydroxyl groups is 1. The number of hydrogen-bond acceptors (Lipinski definition) is 15. The van der Waals surface area contributed by atoms with Crippen LogP contribution >= 0.6 is 15.6 Å². The van der Waals surface area contributed by atoms with E-state index in [1.54, 1.807) is 0 Å². The first-order chi connectivity index (χ1) is 47.0. The largest absolute Gasteiger partial charge is 0.472 e. The zero-order valence-corrected chi connectivity index (χ0v) is 65.0. The van der Waals surface area contributed by atoms with Crippen LogP contribution in [0, 0.1) is 5.92 Å². The Bertz CT molecular complexity index is 1860. The van der Waals surface area contributed by atoms with Crippen molar-refractivity contribution >= 4 is 39.5 Å². The summed E-state index contributed by atoms with van der Waals surface area (Å²) in [6.07, 6.45) is 61.0. The fraction of sp³-hybridized carbons (Fsp3) is 0.949. The number of phosphoric ester groups is 2. The number of aliphatic hydroxyl groups excluding tert-OH is 1. The molecule has 0 bridgehead atoms. The summed E-state index contributed by atoms with van der Waals surface area (Å²) in [5.41, 5.74) is 0. The van der Waals surface area contributed by atoms with Crippen LogP contribution in [0.3, 0.4) is 0 Å². The molecule has 0 rings (SSSR count). The number of rotatable bonds is 78. The molecule has 0 amide bonds. The Hall–Kier alpha value is -1.94. The van der Waals surface area contributed by atoms with E-state index in [2.05, 4.69) is 34.6 Å². The summed E-state index contributed by atoms with van der Waals surface area (Å²) in [7, 11) is -9.91. The van der Waals surface area contributed by atoms with Crippen molar-refractivity contribution in [3.63, 3.8) is 0 Å². The summed E-state index contributed by atoms with van der Waals surface area (Å²) in [5.74, 6) is -1.31. The van der Waals surface area contributed by atoms with Crippen LogP contribution in [0.1, 0.15) is 413 Å². The Labute approximate surface area is 594 Å². The highest BCUT2D eigenvalue weighted by Crippen LogP contribution is 2.45. The quantitative estimate of drug-likeness (QED) is 0.0222. The summed E-state index contributed by atoms with van der Waals surface area (Å²) < 4.78 is 68.6. The van der Waals surface area contributed by atoms with Gasteiger partial charge < -0.3 is 33.8 Å². The van der Waals surface area contributed by atoms with Gasteiger partial charge in [0, 0.05) is 25.7 Å². The molecular formula is C78H152O17P2. The zero-order chi connectivity index (χ0) is 71.2. The lowest BCUT2D eigenvalue weighted by Gasteiger charge is -2.21. The molecule has 0 aliphatic carbocycles. The second-order valence-corrected chi connectivity index (χ2v) is 31.5. The van der Waals surface area contributed by atoms with Crippen LogP contribution in [0.15, 0.2) is 0 Å². The van der Waals surface area contributed by atoms with Crippen molar-refractivity contribution < 1.29 is 80.2 Å². The summed E-state index contributed by atoms with van der Waals surface area (Å²) in [4.78, 5) is 72.9. The molecule has 3 N–H and O–H groups in total.